The van der Waals surface area contributed by atoms with Gasteiger partial charge in [0.1, 0.15) is 0 Å². The van der Waals surface area contributed by atoms with Gasteiger partial charge in [-0.25, -0.2) is 13.1 Å². The van der Waals surface area contributed by atoms with Crippen LogP contribution in [0.3, 0.4) is 0 Å². The van der Waals surface area contributed by atoms with Crippen molar-refractivity contribution >= 4 is 21.6 Å². The molecule has 130 valence electrons. The lowest BCUT2D eigenvalue weighted by molar-refractivity contribution is 0.424. The van der Waals surface area contributed by atoms with Crippen molar-refractivity contribution in [3.8, 4) is 0 Å². The van der Waals surface area contributed by atoms with Crippen LogP contribution < -0.4 is 10.0 Å². The molecule has 2 rings (SSSR count). The number of halogens is 1. The van der Waals surface area contributed by atoms with Gasteiger partial charge < -0.3 is 5.32 Å². The van der Waals surface area contributed by atoms with Crippen molar-refractivity contribution in [1.29, 1.82) is 0 Å². The summed E-state index contributed by atoms with van der Waals surface area (Å²) in [5, 5.41) is 4.00. The summed E-state index contributed by atoms with van der Waals surface area (Å²) in [7, 11) is -3.53. The van der Waals surface area contributed by atoms with E-state index in [1.807, 2.05) is 12.1 Å². The van der Waals surface area contributed by atoms with Gasteiger partial charge >= 0.3 is 0 Å². The van der Waals surface area contributed by atoms with E-state index in [2.05, 4.69) is 30.8 Å². The molecule has 0 saturated heterocycles. The minimum absolute atomic E-state index is 0.0187. The number of nitrogens with one attached hydrogen (secondary N) is 2. The van der Waals surface area contributed by atoms with Gasteiger partial charge in [-0.15, -0.1) is 0 Å². The number of benzene rings is 2. The van der Waals surface area contributed by atoms with Gasteiger partial charge in [0.2, 0.25) is 10.0 Å². The van der Waals surface area contributed by atoms with Crippen LogP contribution in [0.2, 0.25) is 5.02 Å². The van der Waals surface area contributed by atoms with Gasteiger partial charge in [-0.3, -0.25) is 0 Å². The molecule has 2 aromatic carbocycles. The van der Waals surface area contributed by atoms with Crippen molar-refractivity contribution in [2.45, 2.75) is 44.3 Å². The van der Waals surface area contributed by atoms with E-state index >= 15 is 0 Å². The third kappa shape index (κ3) is 5.91. The molecule has 0 spiro atoms. The number of hydrogen-bond donors (Lipinski definition) is 2. The Bertz CT molecular complexity index is 764. The highest BCUT2D eigenvalue weighted by atomic mass is 35.5. The maximum Gasteiger partial charge on any atom is 0.240 e. The third-order valence-corrected chi connectivity index (χ3v) is 5.11. The van der Waals surface area contributed by atoms with E-state index in [-0.39, 0.29) is 17.0 Å². The molecule has 0 fully saturated rings. The molecule has 0 unspecified atom stereocenters. The van der Waals surface area contributed by atoms with Gasteiger partial charge in [0, 0.05) is 23.7 Å². The summed E-state index contributed by atoms with van der Waals surface area (Å²) in [4.78, 5) is 0.260. The molecule has 2 aromatic rings. The molecule has 0 atom stereocenters. The molecule has 4 nitrogen and oxygen atoms in total. The van der Waals surface area contributed by atoms with Crippen LogP contribution >= 0.6 is 11.6 Å². The van der Waals surface area contributed by atoms with Crippen molar-refractivity contribution in [1.82, 2.24) is 10.0 Å². The van der Waals surface area contributed by atoms with Crippen molar-refractivity contribution in [3.05, 3.63) is 64.7 Å². The SMILES string of the molecule is CC(C)(C)NCc1ccc(S(=O)(=O)NCc2ccc(Cl)cc2)cc1. The Morgan fingerprint density at radius 1 is 0.875 bits per heavy atom. The molecule has 0 bridgehead atoms. The Labute approximate surface area is 149 Å². The summed E-state index contributed by atoms with van der Waals surface area (Å²) in [6.07, 6.45) is 0. The zero-order chi connectivity index (χ0) is 17.8. The molecule has 24 heavy (non-hydrogen) atoms. The van der Waals surface area contributed by atoms with Crippen LogP contribution in [-0.2, 0) is 23.1 Å². The summed E-state index contributed by atoms with van der Waals surface area (Å²) in [6.45, 7) is 7.19. The first-order valence-electron chi connectivity index (χ1n) is 7.74. The summed E-state index contributed by atoms with van der Waals surface area (Å²) in [6, 6.07) is 14.0. The fourth-order valence-corrected chi connectivity index (χ4v) is 3.16. The molecule has 2 N–H and O–H groups in total. The highest BCUT2D eigenvalue weighted by molar-refractivity contribution is 7.89. The maximum atomic E-state index is 12.3. The molecule has 0 saturated carbocycles. The van der Waals surface area contributed by atoms with E-state index in [1.165, 1.54) is 0 Å². The fourth-order valence-electron chi connectivity index (χ4n) is 2.02. The van der Waals surface area contributed by atoms with Crippen LogP contribution in [0, 0.1) is 0 Å². The van der Waals surface area contributed by atoms with Gasteiger partial charge in [0.05, 0.1) is 4.90 Å². The first-order chi connectivity index (χ1) is 11.2. The van der Waals surface area contributed by atoms with Crippen LogP contribution in [0.5, 0.6) is 0 Å². The standard InChI is InChI=1S/C18H23ClN2O2S/c1-18(2,3)20-12-14-6-10-17(11-7-14)24(22,23)21-13-15-4-8-16(19)9-5-15/h4-11,20-21H,12-13H2,1-3H3. The quantitative estimate of drug-likeness (QED) is 0.819. The zero-order valence-electron chi connectivity index (χ0n) is 14.1. The highest BCUT2D eigenvalue weighted by Gasteiger charge is 2.14. The van der Waals surface area contributed by atoms with Gasteiger partial charge in [-0.1, -0.05) is 35.9 Å². The van der Waals surface area contributed by atoms with Gasteiger partial charge in [-0.05, 0) is 56.2 Å². The topological polar surface area (TPSA) is 58.2 Å². The van der Waals surface area contributed by atoms with Crippen LogP contribution in [-0.4, -0.2) is 14.0 Å². The second-order valence-electron chi connectivity index (χ2n) is 6.70. The second-order valence-corrected chi connectivity index (χ2v) is 8.90. The predicted octanol–water partition coefficient (Wildman–Crippen LogP) is 3.71. The zero-order valence-corrected chi connectivity index (χ0v) is 15.7. The Morgan fingerprint density at radius 2 is 1.38 bits per heavy atom. The lowest BCUT2D eigenvalue weighted by Crippen LogP contribution is -2.35. The molecule has 0 heterocycles. The van der Waals surface area contributed by atoms with Crippen molar-refractivity contribution < 1.29 is 8.42 Å². The van der Waals surface area contributed by atoms with E-state index in [9.17, 15) is 8.42 Å². The first kappa shape index (κ1) is 18.9. The summed E-state index contributed by atoms with van der Waals surface area (Å²) in [5.41, 5.74) is 1.92. The van der Waals surface area contributed by atoms with Crippen LogP contribution in [0.15, 0.2) is 53.4 Å². The van der Waals surface area contributed by atoms with Crippen molar-refractivity contribution in [3.63, 3.8) is 0 Å². The molecule has 0 aliphatic rings. The Kier molecular flexibility index (Phi) is 6.04. The van der Waals surface area contributed by atoms with Gasteiger partial charge in [0.25, 0.3) is 0 Å². The first-order valence-corrected chi connectivity index (χ1v) is 9.60. The smallest absolute Gasteiger partial charge is 0.240 e. The molecule has 0 aromatic heterocycles. The number of sulfonamides is 1. The van der Waals surface area contributed by atoms with Crippen LogP contribution in [0.1, 0.15) is 31.9 Å². The lowest BCUT2D eigenvalue weighted by atomic mass is 10.1. The molecule has 0 radical (unpaired) electrons. The number of rotatable bonds is 6. The monoisotopic (exact) mass is 366 g/mol. The lowest BCUT2D eigenvalue weighted by Gasteiger charge is -2.20. The molecule has 0 aliphatic carbocycles. The largest absolute Gasteiger partial charge is 0.308 e. The summed E-state index contributed by atoms with van der Waals surface area (Å²) in [5.74, 6) is 0. The van der Waals surface area contributed by atoms with Crippen LogP contribution in [0.4, 0.5) is 0 Å². The minimum Gasteiger partial charge on any atom is -0.308 e. The van der Waals surface area contributed by atoms with E-state index in [4.69, 9.17) is 11.6 Å². The highest BCUT2D eigenvalue weighted by Crippen LogP contribution is 2.13. The van der Waals surface area contributed by atoms with E-state index in [0.717, 1.165) is 11.1 Å². The molecule has 0 aliphatic heterocycles. The minimum atomic E-state index is -3.53. The normalized spacial score (nSPS) is 12.3. The Hall–Kier alpha value is -1.40. The molecular weight excluding hydrogens is 344 g/mol. The summed E-state index contributed by atoms with van der Waals surface area (Å²) < 4.78 is 27.3. The molecular formula is C18H23ClN2O2S. The Balaban J connectivity index is 1.99. The number of hydrogen-bond acceptors (Lipinski definition) is 3. The fraction of sp³-hybridized carbons (Fsp3) is 0.333. The summed E-state index contributed by atoms with van der Waals surface area (Å²) >= 11 is 5.82. The second kappa shape index (κ2) is 7.66. The maximum absolute atomic E-state index is 12.3. The van der Waals surface area contributed by atoms with Crippen molar-refractivity contribution in [2.75, 3.05) is 0 Å². The van der Waals surface area contributed by atoms with E-state index in [0.29, 0.717) is 11.6 Å². The van der Waals surface area contributed by atoms with Crippen LogP contribution in [0.25, 0.3) is 0 Å². The van der Waals surface area contributed by atoms with Gasteiger partial charge in [-0.2, -0.15) is 0 Å². The molecule has 0 amide bonds. The van der Waals surface area contributed by atoms with E-state index in [1.54, 1.807) is 36.4 Å². The average molecular weight is 367 g/mol. The average Bonchev–Trinajstić information content (AvgIpc) is 2.52. The molecule has 6 heteroatoms. The third-order valence-electron chi connectivity index (χ3n) is 3.44. The van der Waals surface area contributed by atoms with Gasteiger partial charge in [0.15, 0.2) is 0 Å². The Morgan fingerprint density at radius 3 is 1.92 bits per heavy atom. The van der Waals surface area contributed by atoms with E-state index < -0.39 is 10.0 Å². The predicted molar refractivity (Wildman–Crippen MR) is 98.5 cm³/mol. The van der Waals surface area contributed by atoms with Crippen molar-refractivity contribution in [2.24, 2.45) is 0 Å².